The second-order valence-corrected chi connectivity index (χ2v) is 7.31. The number of aliphatic carboxylic acids is 1. The quantitative estimate of drug-likeness (QED) is 0.675. The molecule has 0 aromatic heterocycles. The largest absolute Gasteiger partial charge is 0.481 e. The summed E-state index contributed by atoms with van der Waals surface area (Å²) in [6.45, 7) is 3.85. The van der Waals surface area contributed by atoms with Gasteiger partial charge in [0, 0.05) is 12.5 Å². The molecule has 1 saturated carbocycles. The van der Waals surface area contributed by atoms with E-state index in [1.807, 2.05) is 31.2 Å². The highest BCUT2D eigenvalue weighted by Crippen LogP contribution is 2.30. The minimum Gasteiger partial charge on any atom is -0.481 e. The molecule has 5 nitrogen and oxygen atoms in total. The number of amides is 1. The monoisotopic (exact) mass is 347 g/mol. The highest BCUT2D eigenvalue weighted by molar-refractivity contribution is 5.82. The molecule has 3 unspecified atom stereocenters. The fourth-order valence-electron chi connectivity index (χ4n) is 3.53. The number of benzene rings is 1. The van der Waals surface area contributed by atoms with Crippen molar-refractivity contribution in [2.75, 3.05) is 6.54 Å². The molecule has 1 fully saturated rings. The third-order valence-electron chi connectivity index (χ3n) is 5.31. The summed E-state index contributed by atoms with van der Waals surface area (Å²) >= 11 is 0. The topological polar surface area (TPSA) is 86.6 Å². The average molecular weight is 347 g/mol. The van der Waals surface area contributed by atoms with E-state index in [1.54, 1.807) is 6.92 Å². The van der Waals surface area contributed by atoms with Crippen molar-refractivity contribution in [3.8, 4) is 0 Å². The lowest BCUT2D eigenvalue weighted by Gasteiger charge is -2.21. The third-order valence-corrected chi connectivity index (χ3v) is 5.31. The number of rotatable bonds is 8. The lowest BCUT2D eigenvalue weighted by molar-refractivity contribution is -0.142. The smallest absolute Gasteiger partial charge is 0.308 e. The predicted octanol–water partition coefficient (Wildman–Crippen LogP) is 2.86. The van der Waals surface area contributed by atoms with Gasteiger partial charge in [0.1, 0.15) is 6.10 Å². The summed E-state index contributed by atoms with van der Waals surface area (Å²) in [6, 6.07) is 7.68. The van der Waals surface area contributed by atoms with Gasteiger partial charge in [-0.3, -0.25) is 9.59 Å². The van der Waals surface area contributed by atoms with Gasteiger partial charge in [-0.25, -0.2) is 0 Å². The van der Waals surface area contributed by atoms with Crippen molar-refractivity contribution in [3.05, 3.63) is 35.4 Å². The van der Waals surface area contributed by atoms with Gasteiger partial charge in [-0.2, -0.15) is 0 Å². The van der Waals surface area contributed by atoms with E-state index in [9.17, 15) is 19.8 Å². The highest BCUT2D eigenvalue weighted by Gasteiger charge is 2.28. The molecule has 0 heterocycles. The minimum absolute atomic E-state index is 0.0718. The normalized spacial score (nSPS) is 18.5. The van der Waals surface area contributed by atoms with Crippen molar-refractivity contribution in [2.24, 2.45) is 11.8 Å². The molecule has 2 rings (SSSR count). The van der Waals surface area contributed by atoms with Crippen LogP contribution in [0, 0.1) is 18.8 Å². The van der Waals surface area contributed by atoms with Crippen LogP contribution in [0.4, 0.5) is 0 Å². The predicted molar refractivity (Wildman–Crippen MR) is 96.3 cm³/mol. The summed E-state index contributed by atoms with van der Waals surface area (Å²) < 4.78 is 0. The number of carboxylic acid groups (broad SMARTS) is 1. The molecular weight excluding hydrogens is 318 g/mol. The molecule has 0 aliphatic heterocycles. The van der Waals surface area contributed by atoms with Crippen molar-refractivity contribution in [1.29, 1.82) is 0 Å². The Balaban J connectivity index is 1.87. The highest BCUT2D eigenvalue weighted by atomic mass is 16.4. The van der Waals surface area contributed by atoms with Crippen LogP contribution < -0.4 is 5.32 Å². The molecule has 138 valence electrons. The maximum absolute atomic E-state index is 12.2. The summed E-state index contributed by atoms with van der Waals surface area (Å²) in [7, 11) is 0. The molecule has 5 heteroatoms. The second kappa shape index (κ2) is 8.99. The lowest BCUT2D eigenvalue weighted by Crippen LogP contribution is -2.41. The van der Waals surface area contributed by atoms with Gasteiger partial charge in [0.2, 0.25) is 5.91 Å². The van der Waals surface area contributed by atoms with Gasteiger partial charge in [-0.1, -0.05) is 62.4 Å². The molecule has 1 amide bonds. The van der Waals surface area contributed by atoms with Crippen LogP contribution in [0.2, 0.25) is 0 Å². The van der Waals surface area contributed by atoms with Gasteiger partial charge in [0.05, 0.1) is 5.92 Å². The number of carbonyl (C=O) groups is 2. The Hall–Kier alpha value is -1.88. The number of aliphatic hydroxyl groups is 1. The Labute approximate surface area is 149 Å². The zero-order valence-corrected chi connectivity index (χ0v) is 15.1. The number of aliphatic hydroxyl groups excluding tert-OH is 1. The summed E-state index contributed by atoms with van der Waals surface area (Å²) in [4.78, 5) is 23.7. The Morgan fingerprint density at radius 3 is 2.36 bits per heavy atom. The molecule has 25 heavy (non-hydrogen) atoms. The van der Waals surface area contributed by atoms with E-state index in [2.05, 4.69) is 5.32 Å². The first-order valence-corrected chi connectivity index (χ1v) is 9.13. The molecule has 0 radical (unpaired) electrons. The van der Waals surface area contributed by atoms with Gasteiger partial charge in [0.25, 0.3) is 0 Å². The van der Waals surface area contributed by atoms with E-state index in [0.29, 0.717) is 12.3 Å². The van der Waals surface area contributed by atoms with Crippen molar-refractivity contribution >= 4 is 11.9 Å². The number of carbonyl (C=O) groups excluding carboxylic acids is 1. The van der Waals surface area contributed by atoms with Gasteiger partial charge >= 0.3 is 5.97 Å². The van der Waals surface area contributed by atoms with Gasteiger partial charge in [-0.05, 0) is 24.8 Å². The number of aryl methyl sites for hydroxylation is 1. The van der Waals surface area contributed by atoms with E-state index in [-0.39, 0.29) is 12.5 Å². The van der Waals surface area contributed by atoms with Crippen molar-refractivity contribution < 1.29 is 19.8 Å². The Morgan fingerprint density at radius 2 is 1.80 bits per heavy atom. The number of hydrogen-bond acceptors (Lipinski definition) is 3. The van der Waals surface area contributed by atoms with Gasteiger partial charge < -0.3 is 15.5 Å². The SMILES string of the molecule is Cc1ccc(C(C)C(O)C(=O)NCC(CC2CCCC2)C(=O)O)cc1. The number of carboxylic acids is 1. The van der Waals surface area contributed by atoms with Crippen LogP contribution >= 0.6 is 0 Å². The van der Waals surface area contributed by atoms with Crippen LogP contribution in [0.1, 0.15) is 56.1 Å². The van der Waals surface area contributed by atoms with Crippen LogP contribution in [0.25, 0.3) is 0 Å². The van der Waals surface area contributed by atoms with Crippen LogP contribution in [-0.4, -0.2) is 34.7 Å². The van der Waals surface area contributed by atoms with Crippen molar-refractivity contribution in [2.45, 2.75) is 58.0 Å². The summed E-state index contributed by atoms with van der Waals surface area (Å²) in [5, 5.41) is 22.3. The fourth-order valence-corrected chi connectivity index (χ4v) is 3.53. The van der Waals surface area contributed by atoms with Crippen molar-refractivity contribution in [1.82, 2.24) is 5.32 Å². The first-order valence-electron chi connectivity index (χ1n) is 9.13. The van der Waals surface area contributed by atoms with Crippen LogP contribution in [0.15, 0.2) is 24.3 Å². The molecule has 1 aromatic rings. The van der Waals surface area contributed by atoms with Crippen molar-refractivity contribution in [3.63, 3.8) is 0 Å². The minimum atomic E-state index is -1.19. The van der Waals surface area contributed by atoms with Crippen LogP contribution in [0.3, 0.4) is 0 Å². The lowest BCUT2D eigenvalue weighted by atomic mass is 9.92. The zero-order chi connectivity index (χ0) is 18.4. The summed E-state index contributed by atoms with van der Waals surface area (Å²) in [5.41, 5.74) is 2.00. The third kappa shape index (κ3) is 5.56. The van der Waals surface area contributed by atoms with E-state index in [4.69, 9.17) is 0 Å². The maximum atomic E-state index is 12.2. The Kier molecular flexibility index (Phi) is 7.00. The molecule has 0 spiro atoms. The second-order valence-electron chi connectivity index (χ2n) is 7.31. The molecule has 1 aliphatic rings. The zero-order valence-electron chi connectivity index (χ0n) is 15.1. The molecule has 3 N–H and O–H groups in total. The first-order chi connectivity index (χ1) is 11.9. The van der Waals surface area contributed by atoms with E-state index in [1.165, 1.54) is 0 Å². The standard InChI is InChI=1S/C20H29NO4/c1-13-7-9-16(10-8-13)14(2)18(22)19(23)21-12-17(20(24)25)11-15-5-3-4-6-15/h7-10,14-15,17-18,22H,3-6,11-12H2,1-2H3,(H,21,23)(H,24,25). The van der Waals surface area contributed by atoms with E-state index < -0.39 is 23.9 Å². The molecular formula is C20H29NO4. The average Bonchev–Trinajstić information content (AvgIpc) is 3.10. The molecule has 3 atom stereocenters. The molecule has 0 bridgehead atoms. The van der Waals surface area contributed by atoms with E-state index in [0.717, 1.165) is 36.8 Å². The Morgan fingerprint density at radius 1 is 1.20 bits per heavy atom. The molecule has 1 aliphatic carbocycles. The van der Waals surface area contributed by atoms with Gasteiger partial charge in [-0.15, -0.1) is 0 Å². The maximum Gasteiger partial charge on any atom is 0.308 e. The fraction of sp³-hybridized carbons (Fsp3) is 0.600. The summed E-state index contributed by atoms with van der Waals surface area (Å²) in [5.74, 6) is -1.89. The molecule has 1 aromatic carbocycles. The number of hydrogen-bond donors (Lipinski definition) is 3. The van der Waals surface area contributed by atoms with Crippen LogP contribution in [-0.2, 0) is 9.59 Å². The van der Waals surface area contributed by atoms with Gasteiger partial charge in [0.15, 0.2) is 0 Å². The van der Waals surface area contributed by atoms with Crippen LogP contribution in [0.5, 0.6) is 0 Å². The molecule has 0 saturated heterocycles. The summed E-state index contributed by atoms with van der Waals surface area (Å²) in [6.07, 6.45) is 3.88. The number of nitrogens with one attached hydrogen (secondary N) is 1. The first kappa shape index (κ1) is 19.4. The van der Waals surface area contributed by atoms with E-state index >= 15 is 0 Å². The Bertz CT molecular complexity index is 578.